The topological polar surface area (TPSA) is 39.4 Å². The maximum atomic E-state index is 12.9. The number of fused-ring (bicyclic) bond motifs is 1. The second-order valence-corrected chi connectivity index (χ2v) is 6.09. The number of rotatable bonds is 6. The monoisotopic (exact) mass is 314 g/mol. The van der Waals surface area contributed by atoms with E-state index >= 15 is 0 Å². The number of methoxy groups -OCH3 is 1. The molecule has 0 aliphatic carbocycles. The Hall–Kier alpha value is -2.07. The smallest absolute Gasteiger partial charge is 0.207 e. The number of para-hydroxylation sites is 1. The van der Waals surface area contributed by atoms with Crippen LogP contribution in [0.15, 0.2) is 40.1 Å². The van der Waals surface area contributed by atoms with E-state index in [0.717, 1.165) is 41.7 Å². The summed E-state index contributed by atoms with van der Waals surface area (Å²) in [4.78, 5) is 13.6. The highest BCUT2D eigenvalue weighted by Gasteiger charge is 2.22. The van der Waals surface area contributed by atoms with Crippen LogP contribution in [0.25, 0.3) is 11.0 Å². The van der Waals surface area contributed by atoms with Crippen molar-refractivity contribution in [1.29, 1.82) is 0 Å². The number of furan rings is 1. The SMILES string of the molecule is CCCCc1oc2ccccc2c1C(=O)c1cc(OC)cs1. The fourth-order valence-electron chi connectivity index (χ4n) is 2.53. The van der Waals surface area contributed by atoms with Crippen LogP contribution in [0.3, 0.4) is 0 Å². The summed E-state index contributed by atoms with van der Waals surface area (Å²) in [6, 6.07) is 9.52. The quantitative estimate of drug-likeness (QED) is 0.596. The van der Waals surface area contributed by atoms with E-state index in [-0.39, 0.29) is 5.78 Å². The lowest BCUT2D eigenvalue weighted by molar-refractivity contribution is 0.104. The lowest BCUT2D eigenvalue weighted by atomic mass is 10.0. The van der Waals surface area contributed by atoms with Crippen molar-refractivity contribution in [2.75, 3.05) is 7.11 Å². The predicted octanol–water partition coefficient (Wildman–Crippen LogP) is 5.08. The molecule has 0 atom stereocenters. The number of unbranched alkanes of at least 4 members (excludes halogenated alkanes) is 1. The normalized spacial score (nSPS) is 11.0. The molecule has 0 saturated carbocycles. The van der Waals surface area contributed by atoms with Gasteiger partial charge in [-0.25, -0.2) is 0 Å². The van der Waals surface area contributed by atoms with Gasteiger partial charge in [-0.2, -0.15) is 0 Å². The molecule has 0 unspecified atom stereocenters. The molecule has 2 aromatic heterocycles. The van der Waals surface area contributed by atoms with Gasteiger partial charge in [0.25, 0.3) is 0 Å². The first-order chi connectivity index (χ1) is 10.7. The molecule has 0 amide bonds. The molecular formula is C18H18O3S. The first-order valence-corrected chi connectivity index (χ1v) is 8.30. The summed E-state index contributed by atoms with van der Waals surface area (Å²) in [7, 11) is 1.61. The lowest BCUT2D eigenvalue weighted by Gasteiger charge is -2.00. The summed E-state index contributed by atoms with van der Waals surface area (Å²) in [6.07, 6.45) is 2.86. The zero-order valence-electron chi connectivity index (χ0n) is 12.7. The minimum atomic E-state index is 0.0179. The Bertz CT molecular complexity index is 798. The van der Waals surface area contributed by atoms with E-state index < -0.39 is 0 Å². The highest BCUT2D eigenvalue weighted by Crippen LogP contribution is 2.32. The van der Waals surface area contributed by atoms with Crippen LogP contribution in [-0.4, -0.2) is 12.9 Å². The number of carbonyl (C=O) groups excluding carboxylic acids is 1. The highest BCUT2D eigenvalue weighted by atomic mass is 32.1. The van der Waals surface area contributed by atoms with Gasteiger partial charge in [0.1, 0.15) is 17.1 Å². The molecule has 0 aliphatic heterocycles. The van der Waals surface area contributed by atoms with Crippen LogP contribution in [0.4, 0.5) is 0 Å². The number of thiophene rings is 1. The van der Waals surface area contributed by atoms with E-state index in [2.05, 4.69) is 6.92 Å². The Morgan fingerprint density at radius 2 is 2.14 bits per heavy atom. The van der Waals surface area contributed by atoms with E-state index in [9.17, 15) is 4.79 Å². The first-order valence-electron chi connectivity index (χ1n) is 7.42. The standard InChI is InChI=1S/C18H18O3S/c1-3-4-8-15-17(13-7-5-6-9-14(13)21-15)18(19)16-10-12(20-2)11-22-16/h5-7,9-11H,3-4,8H2,1-2H3. The largest absolute Gasteiger partial charge is 0.496 e. The van der Waals surface area contributed by atoms with Gasteiger partial charge in [-0.05, 0) is 12.5 Å². The minimum absolute atomic E-state index is 0.0179. The molecule has 114 valence electrons. The average molecular weight is 314 g/mol. The van der Waals surface area contributed by atoms with E-state index in [0.29, 0.717) is 10.4 Å². The number of hydrogen-bond acceptors (Lipinski definition) is 4. The van der Waals surface area contributed by atoms with Gasteiger partial charge in [0.2, 0.25) is 5.78 Å². The van der Waals surface area contributed by atoms with E-state index in [1.54, 1.807) is 13.2 Å². The van der Waals surface area contributed by atoms with Crippen LogP contribution in [0.2, 0.25) is 0 Å². The summed E-state index contributed by atoms with van der Waals surface area (Å²) < 4.78 is 11.1. The van der Waals surface area contributed by atoms with Gasteiger partial charge in [0.15, 0.2) is 0 Å². The van der Waals surface area contributed by atoms with Crippen LogP contribution in [0.5, 0.6) is 5.75 Å². The number of aryl methyl sites for hydroxylation is 1. The second kappa shape index (κ2) is 6.36. The van der Waals surface area contributed by atoms with Crippen molar-refractivity contribution in [1.82, 2.24) is 0 Å². The first kappa shape index (κ1) is 14.9. The third-order valence-electron chi connectivity index (χ3n) is 3.69. The molecule has 2 heterocycles. The number of carbonyl (C=O) groups is 1. The van der Waals surface area contributed by atoms with E-state index in [4.69, 9.17) is 9.15 Å². The Labute approximate surface area is 133 Å². The lowest BCUT2D eigenvalue weighted by Crippen LogP contribution is -2.01. The van der Waals surface area contributed by atoms with Gasteiger partial charge in [0.05, 0.1) is 17.6 Å². The molecule has 0 bridgehead atoms. The zero-order valence-corrected chi connectivity index (χ0v) is 13.5. The van der Waals surface area contributed by atoms with Crippen LogP contribution < -0.4 is 4.74 Å². The molecule has 3 nitrogen and oxygen atoms in total. The Balaban J connectivity index is 2.08. The van der Waals surface area contributed by atoms with Crippen molar-refractivity contribution >= 4 is 28.1 Å². The molecule has 22 heavy (non-hydrogen) atoms. The molecule has 0 N–H and O–H groups in total. The van der Waals surface area contributed by atoms with Crippen LogP contribution in [0, 0.1) is 0 Å². The van der Waals surface area contributed by atoms with Crippen LogP contribution >= 0.6 is 11.3 Å². The van der Waals surface area contributed by atoms with Crippen molar-refractivity contribution in [2.45, 2.75) is 26.2 Å². The summed E-state index contributed by atoms with van der Waals surface area (Å²) in [5.74, 6) is 1.53. The Morgan fingerprint density at radius 1 is 1.32 bits per heavy atom. The molecule has 4 heteroatoms. The molecule has 0 aliphatic rings. The molecule has 0 saturated heterocycles. The molecule has 3 rings (SSSR count). The number of ketones is 1. The second-order valence-electron chi connectivity index (χ2n) is 5.18. The molecular weight excluding hydrogens is 296 g/mol. The molecule has 3 aromatic rings. The van der Waals surface area contributed by atoms with Crippen LogP contribution in [0.1, 0.15) is 40.8 Å². The van der Waals surface area contributed by atoms with Gasteiger partial charge >= 0.3 is 0 Å². The average Bonchev–Trinajstić information content (AvgIpc) is 3.16. The van der Waals surface area contributed by atoms with Crippen molar-refractivity contribution in [2.24, 2.45) is 0 Å². The number of hydrogen-bond donors (Lipinski definition) is 0. The summed E-state index contributed by atoms with van der Waals surface area (Å²) >= 11 is 1.41. The summed E-state index contributed by atoms with van der Waals surface area (Å²) in [5, 5.41) is 2.74. The van der Waals surface area contributed by atoms with Crippen molar-refractivity contribution in [3.8, 4) is 5.75 Å². The Kier molecular flexibility index (Phi) is 4.29. The van der Waals surface area contributed by atoms with Crippen molar-refractivity contribution in [3.05, 3.63) is 51.9 Å². The van der Waals surface area contributed by atoms with E-state index in [1.807, 2.05) is 29.6 Å². The third kappa shape index (κ3) is 2.66. The molecule has 0 radical (unpaired) electrons. The van der Waals surface area contributed by atoms with Gasteiger partial charge < -0.3 is 9.15 Å². The van der Waals surface area contributed by atoms with Crippen molar-refractivity contribution < 1.29 is 13.9 Å². The van der Waals surface area contributed by atoms with Gasteiger partial charge in [-0.3, -0.25) is 4.79 Å². The molecule has 1 aromatic carbocycles. The van der Waals surface area contributed by atoms with Gasteiger partial charge in [-0.1, -0.05) is 31.5 Å². The van der Waals surface area contributed by atoms with Gasteiger partial charge in [-0.15, -0.1) is 11.3 Å². The fourth-order valence-corrected chi connectivity index (χ4v) is 3.33. The van der Waals surface area contributed by atoms with Crippen LogP contribution in [-0.2, 0) is 6.42 Å². The summed E-state index contributed by atoms with van der Waals surface area (Å²) in [6.45, 7) is 2.13. The third-order valence-corrected chi connectivity index (χ3v) is 4.60. The minimum Gasteiger partial charge on any atom is -0.496 e. The maximum absolute atomic E-state index is 12.9. The maximum Gasteiger partial charge on any atom is 0.207 e. The number of ether oxygens (including phenoxy) is 1. The summed E-state index contributed by atoms with van der Waals surface area (Å²) in [5.41, 5.74) is 1.48. The van der Waals surface area contributed by atoms with E-state index in [1.165, 1.54) is 11.3 Å². The molecule has 0 fully saturated rings. The van der Waals surface area contributed by atoms with Crippen molar-refractivity contribution in [3.63, 3.8) is 0 Å². The predicted molar refractivity (Wildman–Crippen MR) is 89.1 cm³/mol. The fraction of sp³-hybridized carbons (Fsp3) is 0.278. The zero-order chi connectivity index (χ0) is 15.5. The molecule has 0 spiro atoms. The highest BCUT2D eigenvalue weighted by molar-refractivity contribution is 7.12. The number of benzene rings is 1. The van der Waals surface area contributed by atoms with Gasteiger partial charge in [0, 0.05) is 23.3 Å². The Morgan fingerprint density at radius 3 is 2.86 bits per heavy atom.